The highest BCUT2D eigenvalue weighted by molar-refractivity contribution is 7.91. The van der Waals surface area contributed by atoms with E-state index < -0.39 is 27.5 Å². The molecule has 1 fully saturated rings. The van der Waals surface area contributed by atoms with Crippen LogP contribution in [-0.2, 0) is 14.6 Å². The lowest BCUT2D eigenvalue weighted by molar-refractivity contribution is -0.122. The average molecular weight is 344 g/mol. The average Bonchev–Trinajstić information content (AvgIpc) is 2.83. The second kappa shape index (κ2) is 6.95. The highest BCUT2D eigenvalue weighted by Gasteiger charge is 2.29. The molecule has 1 heterocycles. The quantitative estimate of drug-likeness (QED) is 0.771. The SMILES string of the molecule is COc1ccc(C(=O)NNC(=O)C[C@@H]2CCS(=O)(=O)C2)cc1F. The Balaban J connectivity index is 1.84. The molecule has 1 aliphatic rings. The van der Waals surface area contributed by atoms with Gasteiger partial charge in [0.1, 0.15) is 0 Å². The van der Waals surface area contributed by atoms with E-state index >= 15 is 0 Å². The summed E-state index contributed by atoms with van der Waals surface area (Å²) in [5.74, 6) is -2.03. The van der Waals surface area contributed by atoms with E-state index in [0.717, 1.165) is 6.07 Å². The third kappa shape index (κ3) is 4.65. The third-order valence-corrected chi connectivity index (χ3v) is 5.37. The van der Waals surface area contributed by atoms with Crippen molar-refractivity contribution in [3.05, 3.63) is 29.6 Å². The molecule has 0 bridgehead atoms. The van der Waals surface area contributed by atoms with Crippen molar-refractivity contribution in [1.82, 2.24) is 10.9 Å². The molecule has 1 aromatic rings. The molecule has 0 radical (unpaired) electrons. The zero-order valence-electron chi connectivity index (χ0n) is 12.5. The smallest absolute Gasteiger partial charge is 0.269 e. The van der Waals surface area contributed by atoms with Crippen LogP contribution >= 0.6 is 0 Å². The molecule has 0 aliphatic carbocycles. The van der Waals surface area contributed by atoms with Gasteiger partial charge in [-0.3, -0.25) is 20.4 Å². The van der Waals surface area contributed by atoms with Crippen molar-refractivity contribution in [2.24, 2.45) is 5.92 Å². The molecular formula is C14H17FN2O5S. The van der Waals surface area contributed by atoms with Crippen molar-refractivity contribution in [3.63, 3.8) is 0 Å². The number of benzene rings is 1. The Hall–Kier alpha value is -2.16. The molecule has 1 aromatic carbocycles. The molecule has 1 atom stereocenters. The molecule has 1 aliphatic heterocycles. The van der Waals surface area contributed by atoms with Gasteiger partial charge in [-0.25, -0.2) is 12.8 Å². The van der Waals surface area contributed by atoms with Gasteiger partial charge in [0.25, 0.3) is 5.91 Å². The zero-order valence-corrected chi connectivity index (χ0v) is 13.3. The Labute approximate surface area is 133 Å². The molecule has 23 heavy (non-hydrogen) atoms. The van der Waals surface area contributed by atoms with Gasteiger partial charge in [-0.05, 0) is 30.5 Å². The van der Waals surface area contributed by atoms with Gasteiger partial charge in [0.2, 0.25) is 5.91 Å². The van der Waals surface area contributed by atoms with Crippen molar-refractivity contribution in [3.8, 4) is 5.75 Å². The number of sulfone groups is 1. The van der Waals surface area contributed by atoms with Gasteiger partial charge < -0.3 is 4.74 Å². The maximum Gasteiger partial charge on any atom is 0.269 e. The molecule has 2 amide bonds. The van der Waals surface area contributed by atoms with Crippen LogP contribution in [0.2, 0.25) is 0 Å². The van der Waals surface area contributed by atoms with Crippen molar-refractivity contribution in [2.75, 3.05) is 18.6 Å². The summed E-state index contributed by atoms with van der Waals surface area (Å²) in [4.78, 5) is 23.5. The number of carbonyl (C=O) groups excluding carboxylic acids is 2. The standard InChI is InChI=1S/C14H17FN2O5S/c1-22-12-3-2-10(7-11(12)15)14(19)17-16-13(18)6-9-4-5-23(20,21)8-9/h2-3,7,9H,4-6,8H2,1H3,(H,16,18)(H,17,19)/t9-/m0/s1. The van der Waals surface area contributed by atoms with E-state index in [1.165, 1.54) is 19.2 Å². The lowest BCUT2D eigenvalue weighted by Crippen LogP contribution is -2.42. The first kappa shape index (κ1) is 17.2. The number of rotatable bonds is 4. The molecule has 2 N–H and O–H groups in total. The van der Waals surface area contributed by atoms with E-state index in [1.54, 1.807) is 0 Å². The van der Waals surface area contributed by atoms with Crippen molar-refractivity contribution < 1.29 is 27.1 Å². The molecule has 0 unspecified atom stereocenters. The molecular weight excluding hydrogens is 327 g/mol. The molecule has 1 saturated heterocycles. The summed E-state index contributed by atoms with van der Waals surface area (Å²) in [5, 5.41) is 0. The third-order valence-electron chi connectivity index (χ3n) is 3.53. The van der Waals surface area contributed by atoms with Crippen LogP contribution in [0, 0.1) is 11.7 Å². The zero-order chi connectivity index (χ0) is 17.0. The van der Waals surface area contributed by atoms with Crippen LogP contribution in [0.3, 0.4) is 0 Å². The number of hydrogen-bond donors (Lipinski definition) is 2. The Morgan fingerprint density at radius 2 is 2.09 bits per heavy atom. The summed E-state index contributed by atoms with van der Waals surface area (Å²) >= 11 is 0. The molecule has 126 valence electrons. The van der Waals surface area contributed by atoms with Crippen molar-refractivity contribution >= 4 is 21.7 Å². The molecule has 0 saturated carbocycles. The Morgan fingerprint density at radius 1 is 1.35 bits per heavy atom. The number of ether oxygens (including phenoxy) is 1. The fourth-order valence-electron chi connectivity index (χ4n) is 2.35. The topological polar surface area (TPSA) is 102 Å². The van der Waals surface area contributed by atoms with Gasteiger partial charge >= 0.3 is 0 Å². The number of hydrazine groups is 1. The first-order chi connectivity index (χ1) is 10.8. The largest absolute Gasteiger partial charge is 0.494 e. The fourth-order valence-corrected chi connectivity index (χ4v) is 4.21. The van der Waals surface area contributed by atoms with Crippen LogP contribution in [0.4, 0.5) is 4.39 Å². The monoisotopic (exact) mass is 344 g/mol. The van der Waals surface area contributed by atoms with Crippen LogP contribution in [0.5, 0.6) is 5.75 Å². The molecule has 0 aromatic heterocycles. The maximum atomic E-state index is 13.5. The lowest BCUT2D eigenvalue weighted by Gasteiger charge is -2.10. The van der Waals surface area contributed by atoms with Crippen LogP contribution in [0.1, 0.15) is 23.2 Å². The Morgan fingerprint density at radius 3 is 2.65 bits per heavy atom. The van der Waals surface area contributed by atoms with E-state index in [9.17, 15) is 22.4 Å². The second-order valence-corrected chi connectivity index (χ2v) is 7.55. The highest BCUT2D eigenvalue weighted by Crippen LogP contribution is 2.21. The summed E-state index contributed by atoms with van der Waals surface area (Å²) in [5.41, 5.74) is 4.38. The van der Waals surface area contributed by atoms with Gasteiger partial charge in [0.05, 0.1) is 18.6 Å². The summed E-state index contributed by atoms with van der Waals surface area (Å²) in [6, 6.07) is 3.65. The second-order valence-electron chi connectivity index (χ2n) is 5.32. The number of nitrogens with one attached hydrogen (secondary N) is 2. The van der Waals surface area contributed by atoms with Gasteiger partial charge in [-0.2, -0.15) is 0 Å². The molecule has 7 nitrogen and oxygen atoms in total. The summed E-state index contributed by atoms with van der Waals surface area (Å²) in [6.45, 7) is 0. The summed E-state index contributed by atoms with van der Waals surface area (Å²) in [7, 11) is -1.74. The summed E-state index contributed by atoms with van der Waals surface area (Å²) in [6.07, 6.45) is 0.448. The van der Waals surface area contributed by atoms with E-state index in [4.69, 9.17) is 4.74 Å². The minimum absolute atomic E-state index is 0.00743. The van der Waals surface area contributed by atoms with Crippen molar-refractivity contribution in [2.45, 2.75) is 12.8 Å². The normalized spacial score (nSPS) is 19.1. The Bertz CT molecular complexity index is 720. The van der Waals surface area contributed by atoms with Gasteiger partial charge in [0, 0.05) is 12.0 Å². The maximum absolute atomic E-state index is 13.5. The van der Waals surface area contributed by atoms with E-state index in [-0.39, 0.29) is 35.2 Å². The molecule has 2 rings (SSSR count). The molecule has 9 heteroatoms. The number of methoxy groups -OCH3 is 1. The predicted octanol–water partition coefficient (Wildman–Crippen LogP) is 0.420. The number of amides is 2. The minimum Gasteiger partial charge on any atom is -0.494 e. The van der Waals surface area contributed by atoms with Gasteiger partial charge in [-0.15, -0.1) is 0 Å². The number of hydrogen-bond acceptors (Lipinski definition) is 5. The predicted molar refractivity (Wildman–Crippen MR) is 79.9 cm³/mol. The minimum atomic E-state index is -3.05. The van der Waals surface area contributed by atoms with Crippen LogP contribution in [0.25, 0.3) is 0 Å². The van der Waals surface area contributed by atoms with Crippen LogP contribution in [-0.4, -0.2) is 38.8 Å². The van der Waals surface area contributed by atoms with E-state index in [0.29, 0.717) is 6.42 Å². The summed E-state index contributed by atoms with van der Waals surface area (Å²) < 4.78 is 40.9. The molecule has 0 spiro atoms. The van der Waals surface area contributed by atoms with Crippen LogP contribution < -0.4 is 15.6 Å². The fraction of sp³-hybridized carbons (Fsp3) is 0.429. The van der Waals surface area contributed by atoms with Gasteiger partial charge in [0.15, 0.2) is 21.4 Å². The van der Waals surface area contributed by atoms with Gasteiger partial charge in [-0.1, -0.05) is 0 Å². The van der Waals surface area contributed by atoms with E-state index in [2.05, 4.69) is 10.9 Å². The first-order valence-corrected chi connectivity index (χ1v) is 8.76. The number of halogens is 1. The van der Waals surface area contributed by atoms with E-state index in [1.807, 2.05) is 0 Å². The van der Waals surface area contributed by atoms with Crippen molar-refractivity contribution in [1.29, 1.82) is 0 Å². The lowest BCUT2D eigenvalue weighted by atomic mass is 10.1. The highest BCUT2D eigenvalue weighted by atomic mass is 32.2. The van der Waals surface area contributed by atoms with Crippen LogP contribution in [0.15, 0.2) is 18.2 Å². The number of carbonyl (C=O) groups is 2. The first-order valence-electron chi connectivity index (χ1n) is 6.94. The Kier molecular flexibility index (Phi) is 5.19.